The van der Waals surface area contributed by atoms with Crippen molar-refractivity contribution >= 4 is 11.9 Å². The standard InChI is InChI=1S/C24H31N3O3/c1-17-5-8-20(9-6-17)16-23(28)26-11-13-27(14-12-26)24(29)25-19(3)21-15-18(2)7-10-22(21)30-4/h5-10,15,19H,11-14,16H2,1-4H3,(H,25,29). The molecule has 1 aliphatic heterocycles. The van der Waals surface area contributed by atoms with Crippen LogP contribution >= 0.6 is 0 Å². The number of rotatable bonds is 5. The molecular formula is C24H31N3O3. The molecule has 30 heavy (non-hydrogen) atoms. The Kier molecular flexibility index (Phi) is 6.98. The fourth-order valence-electron chi connectivity index (χ4n) is 3.70. The van der Waals surface area contributed by atoms with Crippen LogP contribution in [0.4, 0.5) is 4.79 Å². The minimum absolute atomic E-state index is 0.108. The molecular weight excluding hydrogens is 378 g/mol. The van der Waals surface area contributed by atoms with E-state index in [9.17, 15) is 9.59 Å². The van der Waals surface area contributed by atoms with Crippen molar-refractivity contribution in [2.45, 2.75) is 33.2 Å². The zero-order valence-electron chi connectivity index (χ0n) is 18.3. The van der Waals surface area contributed by atoms with Crippen LogP contribution < -0.4 is 10.1 Å². The minimum Gasteiger partial charge on any atom is -0.496 e. The van der Waals surface area contributed by atoms with Crippen molar-refractivity contribution < 1.29 is 14.3 Å². The van der Waals surface area contributed by atoms with E-state index in [1.807, 2.05) is 68.1 Å². The summed E-state index contributed by atoms with van der Waals surface area (Å²) in [5, 5.41) is 3.06. The number of urea groups is 1. The van der Waals surface area contributed by atoms with Gasteiger partial charge >= 0.3 is 6.03 Å². The Morgan fingerprint density at radius 2 is 1.57 bits per heavy atom. The Labute approximate surface area is 178 Å². The average Bonchev–Trinajstić information content (AvgIpc) is 2.75. The Hall–Kier alpha value is -3.02. The molecule has 1 atom stereocenters. The van der Waals surface area contributed by atoms with Gasteiger partial charge in [0, 0.05) is 31.7 Å². The van der Waals surface area contributed by atoms with E-state index in [1.54, 1.807) is 12.0 Å². The van der Waals surface area contributed by atoms with Crippen LogP contribution in [-0.4, -0.2) is 55.0 Å². The molecule has 3 amide bonds. The number of nitrogens with zero attached hydrogens (tertiary/aromatic N) is 2. The van der Waals surface area contributed by atoms with Gasteiger partial charge in [-0.1, -0.05) is 47.5 Å². The molecule has 6 nitrogen and oxygen atoms in total. The van der Waals surface area contributed by atoms with Gasteiger partial charge in [0.2, 0.25) is 5.91 Å². The monoisotopic (exact) mass is 409 g/mol. The molecule has 0 radical (unpaired) electrons. The average molecular weight is 410 g/mol. The Morgan fingerprint density at radius 1 is 0.967 bits per heavy atom. The molecule has 1 saturated heterocycles. The lowest BCUT2D eigenvalue weighted by atomic mass is 10.0. The van der Waals surface area contributed by atoms with E-state index in [4.69, 9.17) is 4.74 Å². The van der Waals surface area contributed by atoms with Crippen molar-refractivity contribution in [3.05, 3.63) is 64.7 Å². The first kappa shape index (κ1) is 21.7. The largest absolute Gasteiger partial charge is 0.496 e. The Balaban J connectivity index is 1.52. The molecule has 0 saturated carbocycles. The van der Waals surface area contributed by atoms with Gasteiger partial charge in [-0.05, 0) is 32.4 Å². The molecule has 0 aromatic heterocycles. The summed E-state index contributed by atoms with van der Waals surface area (Å²) in [5.41, 5.74) is 4.28. The third-order valence-electron chi connectivity index (χ3n) is 5.59. The molecule has 1 unspecified atom stereocenters. The molecule has 3 rings (SSSR count). The van der Waals surface area contributed by atoms with E-state index in [1.165, 1.54) is 5.56 Å². The van der Waals surface area contributed by atoms with Gasteiger partial charge in [0.1, 0.15) is 5.75 Å². The SMILES string of the molecule is COc1ccc(C)cc1C(C)NC(=O)N1CCN(C(=O)Cc2ccc(C)cc2)CC1. The topological polar surface area (TPSA) is 61.9 Å². The first-order chi connectivity index (χ1) is 14.4. The van der Waals surface area contributed by atoms with Crippen LogP contribution in [0.1, 0.15) is 35.2 Å². The summed E-state index contributed by atoms with van der Waals surface area (Å²) in [7, 11) is 1.63. The fourth-order valence-corrected chi connectivity index (χ4v) is 3.70. The van der Waals surface area contributed by atoms with Crippen LogP contribution in [0.3, 0.4) is 0 Å². The van der Waals surface area contributed by atoms with Gasteiger partial charge in [-0.3, -0.25) is 4.79 Å². The molecule has 1 N–H and O–H groups in total. The number of aryl methyl sites for hydroxylation is 2. The summed E-state index contributed by atoms with van der Waals surface area (Å²) in [6, 6.07) is 13.7. The first-order valence-electron chi connectivity index (χ1n) is 10.4. The quantitative estimate of drug-likeness (QED) is 0.823. The molecule has 1 heterocycles. The zero-order chi connectivity index (χ0) is 21.7. The molecule has 160 valence electrons. The predicted molar refractivity (Wildman–Crippen MR) is 118 cm³/mol. The predicted octanol–water partition coefficient (Wildman–Crippen LogP) is 3.47. The van der Waals surface area contributed by atoms with E-state index in [-0.39, 0.29) is 18.0 Å². The number of carbonyl (C=O) groups excluding carboxylic acids is 2. The van der Waals surface area contributed by atoms with Gasteiger partial charge in [0.05, 0.1) is 19.6 Å². The van der Waals surface area contributed by atoms with Crippen molar-refractivity contribution in [1.82, 2.24) is 15.1 Å². The molecule has 0 spiro atoms. The third-order valence-corrected chi connectivity index (χ3v) is 5.59. The van der Waals surface area contributed by atoms with E-state index in [0.717, 1.165) is 22.4 Å². The second-order valence-corrected chi connectivity index (χ2v) is 7.95. The fraction of sp³-hybridized carbons (Fsp3) is 0.417. The number of piperazine rings is 1. The van der Waals surface area contributed by atoms with Crippen molar-refractivity contribution in [2.24, 2.45) is 0 Å². The number of nitrogens with one attached hydrogen (secondary N) is 1. The number of hydrogen-bond donors (Lipinski definition) is 1. The van der Waals surface area contributed by atoms with Gasteiger partial charge in [0.25, 0.3) is 0 Å². The highest BCUT2D eigenvalue weighted by Crippen LogP contribution is 2.26. The van der Waals surface area contributed by atoms with Crippen LogP contribution in [0.15, 0.2) is 42.5 Å². The van der Waals surface area contributed by atoms with E-state index >= 15 is 0 Å². The summed E-state index contributed by atoms with van der Waals surface area (Å²) in [6.45, 7) is 8.18. The van der Waals surface area contributed by atoms with E-state index in [0.29, 0.717) is 32.6 Å². The van der Waals surface area contributed by atoms with E-state index < -0.39 is 0 Å². The van der Waals surface area contributed by atoms with Crippen molar-refractivity contribution in [3.63, 3.8) is 0 Å². The van der Waals surface area contributed by atoms with Gasteiger partial charge in [-0.2, -0.15) is 0 Å². The van der Waals surface area contributed by atoms with Gasteiger partial charge < -0.3 is 19.9 Å². The molecule has 0 bridgehead atoms. The van der Waals surface area contributed by atoms with Crippen LogP contribution in [0.2, 0.25) is 0 Å². The normalized spacial score (nSPS) is 14.9. The number of amides is 3. The second kappa shape index (κ2) is 9.65. The summed E-state index contributed by atoms with van der Waals surface area (Å²) in [6.07, 6.45) is 0.399. The molecule has 2 aromatic rings. The molecule has 2 aromatic carbocycles. The number of hydrogen-bond acceptors (Lipinski definition) is 3. The van der Waals surface area contributed by atoms with Crippen LogP contribution in [0, 0.1) is 13.8 Å². The lowest BCUT2D eigenvalue weighted by molar-refractivity contribution is -0.131. The molecule has 1 aliphatic rings. The molecule has 6 heteroatoms. The number of benzene rings is 2. The smallest absolute Gasteiger partial charge is 0.317 e. The Bertz CT molecular complexity index is 887. The van der Waals surface area contributed by atoms with Gasteiger partial charge in [0.15, 0.2) is 0 Å². The minimum atomic E-state index is -0.173. The highest BCUT2D eigenvalue weighted by atomic mass is 16.5. The van der Waals surface area contributed by atoms with Crippen LogP contribution in [-0.2, 0) is 11.2 Å². The molecule has 0 aliphatic carbocycles. The summed E-state index contributed by atoms with van der Waals surface area (Å²) >= 11 is 0. The van der Waals surface area contributed by atoms with Crippen molar-refractivity contribution in [2.75, 3.05) is 33.3 Å². The summed E-state index contributed by atoms with van der Waals surface area (Å²) < 4.78 is 5.44. The Morgan fingerprint density at radius 3 is 2.20 bits per heavy atom. The van der Waals surface area contributed by atoms with Gasteiger partial charge in [-0.25, -0.2) is 4.79 Å². The maximum atomic E-state index is 12.7. The maximum absolute atomic E-state index is 12.7. The van der Waals surface area contributed by atoms with Gasteiger partial charge in [-0.15, -0.1) is 0 Å². The summed E-state index contributed by atoms with van der Waals surface area (Å²) in [4.78, 5) is 28.9. The molecule has 1 fully saturated rings. The maximum Gasteiger partial charge on any atom is 0.317 e. The number of carbonyl (C=O) groups is 2. The second-order valence-electron chi connectivity index (χ2n) is 7.95. The van der Waals surface area contributed by atoms with E-state index in [2.05, 4.69) is 5.32 Å². The lowest BCUT2D eigenvalue weighted by Crippen LogP contribution is -2.53. The number of ether oxygens (including phenoxy) is 1. The highest BCUT2D eigenvalue weighted by molar-refractivity contribution is 5.79. The summed E-state index contributed by atoms with van der Waals surface area (Å²) in [5.74, 6) is 0.872. The van der Waals surface area contributed by atoms with Crippen molar-refractivity contribution in [3.8, 4) is 5.75 Å². The highest BCUT2D eigenvalue weighted by Gasteiger charge is 2.25. The van der Waals surface area contributed by atoms with Crippen molar-refractivity contribution in [1.29, 1.82) is 0 Å². The van der Waals surface area contributed by atoms with Crippen LogP contribution in [0.5, 0.6) is 5.75 Å². The lowest BCUT2D eigenvalue weighted by Gasteiger charge is -2.35. The zero-order valence-corrected chi connectivity index (χ0v) is 18.3. The first-order valence-corrected chi connectivity index (χ1v) is 10.4. The van der Waals surface area contributed by atoms with Crippen LogP contribution in [0.25, 0.3) is 0 Å². The third kappa shape index (κ3) is 5.32. The number of methoxy groups -OCH3 is 1.